The van der Waals surface area contributed by atoms with Crippen LogP contribution in [0, 0.1) is 5.92 Å². The molecule has 2 rings (SSSR count). The average molecular weight is 238 g/mol. The summed E-state index contributed by atoms with van der Waals surface area (Å²) >= 11 is 0. The summed E-state index contributed by atoms with van der Waals surface area (Å²) in [7, 11) is 1.88. The molecule has 0 amide bonds. The lowest BCUT2D eigenvalue weighted by atomic mass is 9.79. The molecule has 2 N–H and O–H groups in total. The topological polar surface area (TPSA) is 63.0 Å². The van der Waals surface area contributed by atoms with Gasteiger partial charge in [0.2, 0.25) is 0 Å². The maximum Gasteiger partial charge on any atom is 0.0771 e. The molecular formula is C12H22N4O. The summed E-state index contributed by atoms with van der Waals surface area (Å²) in [5.74, 6) is 0.761. The maximum absolute atomic E-state index is 10.4. The molecule has 17 heavy (non-hydrogen) atoms. The number of aryl methyl sites for hydroxylation is 1. The summed E-state index contributed by atoms with van der Waals surface area (Å²) in [6, 6.07) is 0. The fourth-order valence-corrected chi connectivity index (χ4v) is 2.37. The molecule has 96 valence electrons. The van der Waals surface area contributed by atoms with Gasteiger partial charge in [-0.3, -0.25) is 4.68 Å². The Morgan fingerprint density at radius 3 is 2.82 bits per heavy atom. The molecular weight excluding hydrogens is 216 g/mol. The number of rotatable bonds is 4. The Morgan fingerprint density at radius 1 is 1.53 bits per heavy atom. The highest BCUT2D eigenvalue weighted by molar-refractivity contribution is 4.94. The van der Waals surface area contributed by atoms with E-state index < -0.39 is 5.60 Å². The Labute approximate surface area is 102 Å². The Hall–Kier alpha value is -0.940. The molecule has 1 fully saturated rings. The fourth-order valence-electron chi connectivity index (χ4n) is 2.37. The second kappa shape index (κ2) is 5.14. The van der Waals surface area contributed by atoms with Gasteiger partial charge in [-0.2, -0.15) is 0 Å². The molecule has 1 aliphatic rings. The Morgan fingerprint density at radius 2 is 2.24 bits per heavy atom. The Kier molecular flexibility index (Phi) is 3.79. The monoisotopic (exact) mass is 238 g/mol. The number of nitrogens with zero attached hydrogens (tertiary/aromatic N) is 3. The highest BCUT2D eigenvalue weighted by Gasteiger charge is 2.31. The minimum atomic E-state index is -0.515. The van der Waals surface area contributed by atoms with E-state index in [1.54, 1.807) is 10.9 Å². The summed E-state index contributed by atoms with van der Waals surface area (Å²) in [4.78, 5) is 0. The van der Waals surface area contributed by atoms with Crippen molar-refractivity contribution in [2.75, 3.05) is 6.54 Å². The predicted octanol–water partition coefficient (Wildman–Crippen LogP) is 0.846. The SMILES string of the molecule is CC1CCC(O)(CNCc2cnnn2C)CC1. The standard InChI is InChI=1S/C12H22N4O/c1-10-3-5-12(17,6-4-10)9-13-7-11-8-14-15-16(11)2/h8,10,13,17H,3-7,9H2,1-2H3. The molecule has 5 nitrogen and oxygen atoms in total. The summed E-state index contributed by atoms with van der Waals surface area (Å²) < 4.78 is 1.75. The second-order valence-corrected chi connectivity index (χ2v) is 5.36. The van der Waals surface area contributed by atoms with Crippen molar-refractivity contribution >= 4 is 0 Å². The van der Waals surface area contributed by atoms with E-state index in [2.05, 4.69) is 22.6 Å². The highest BCUT2D eigenvalue weighted by atomic mass is 16.3. The van der Waals surface area contributed by atoms with Crippen molar-refractivity contribution in [1.29, 1.82) is 0 Å². The zero-order chi connectivity index (χ0) is 12.3. The van der Waals surface area contributed by atoms with Gasteiger partial charge in [0.1, 0.15) is 0 Å². The summed E-state index contributed by atoms with van der Waals surface area (Å²) in [5.41, 5.74) is 0.524. The van der Waals surface area contributed by atoms with Crippen LogP contribution in [0.3, 0.4) is 0 Å². The third-order valence-electron chi connectivity index (χ3n) is 3.77. The summed E-state index contributed by atoms with van der Waals surface area (Å²) in [5, 5.41) is 21.4. The second-order valence-electron chi connectivity index (χ2n) is 5.36. The minimum absolute atomic E-state index is 0.515. The maximum atomic E-state index is 10.4. The van der Waals surface area contributed by atoms with E-state index >= 15 is 0 Å². The molecule has 0 spiro atoms. The van der Waals surface area contributed by atoms with E-state index in [-0.39, 0.29) is 0 Å². The molecule has 0 atom stereocenters. The number of hydrogen-bond acceptors (Lipinski definition) is 4. The molecule has 0 aliphatic heterocycles. The molecule has 0 aromatic carbocycles. The van der Waals surface area contributed by atoms with Gasteiger partial charge in [0.05, 0.1) is 17.5 Å². The van der Waals surface area contributed by atoms with Crippen LogP contribution in [0.5, 0.6) is 0 Å². The third kappa shape index (κ3) is 3.26. The largest absolute Gasteiger partial charge is 0.389 e. The van der Waals surface area contributed by atoms with Crippen molar-refractivity contribution in [1.82, 2.24) is 20.3 Å². The number of aromatic nitrogens is 3. The van der Waals surface area contributed by atoms with Crippen LogP contribution in [0.2, 0.25) is 0 Å². The van der Waals surface area contributed by atoms with Crippen LogP contribution < -0.4 is 5.32 Å². The third-order valence-corrected chi connectivity index (χ3v) is 3.77. The first-order valence-corrected chi connectivity index (χ1v) is 6.36. The smallest absolute Gasteiger partial charge is 0.0771 e. The number of nitrogens with one attached hydrogen (secondary N) is 1. The highest BCUT2D eigenvalue weighted by Crippen LogP contribution is 2.31. The first-order chi connectivity index (χ1) is 8.09. The van der Waals surface area contributed by atoms with Crippen molar-refractivity contribution in [3.63, 3.8) is 0 Å². The molecule has 1 aromatic heterocycles. The van der Waals surface area contributed by atoms with E-state index in [1.807, 2.05) is 7.05 Å². The molecule has 0 radical (unpaired) electrons. The van der Waals surface area contributed by atoms with E-state index in [4.69, 9.17) is 0 Å². The van der Waals surface area contributed by atoms with Crippen LogP contribution >= 0.6 is 0 Å². The van der Waals surface area contributed by atoms with Crippen LogP contribution in [0.15, 0.2) is 6.20 Å². The zero-order valence-corrected chi connectivity index (χ0v) is 10.7. The van der Waals surface area contributed by atoms with Gasteiger partial charge in [0.25, 0.3) is 0 Å². The quantitative estimate of drug-likeness (QED) is 0.816. The van der Waals surface area contributed by atoms with Gasteiger partial charge in [-0.15, -0.1) is 5.10 Å². The van der Waals surface area contributed by atoms with Crippen LogP contribution in [0.4, 0.5) is 0 Å². The first kappa shape index (κ1) is 12.5. The van der Waals surface area contributed by atoms with Gasteiger partial charge >= 0.3 is 0 Å². The van der Waals surface area contributed by atoms with Crippen molar-refractivity contribution in [2.24, 2.45) is 13.0 Å². The van der Waals surface area contributed by atoms with E-state index in [9.17, 15) is 5.11 Å². The van der Waals surface area contributed by atoms with E-state index in [0.717, 1.165) is 37.3 Å². The van der Waals surface area contributed by atoms with Crippen molar-refractivity contribution in [2.45, 2.75) is 44.8 Å². The van der Waals surface area contributed by atoms with Crippen molar-refractivity contribution < 1.29 is 5.11 Å². The number of aliphatic hydroxyl groups is 1. The molecule has 1 saturated carbocycles. The fraction of sp³-hybridized carbons (Fsp3) is 0.833. The summed E-state index contributed by atoms with van der Waals surface area (Å²) in [6.45, 7) is 3.63. The molecule has 0 saturated heterocycles. The molecule has 1 aliphatic carbocycles. The molecule has 1 heterocycles. The van der Waals surface area contributed by atoms with Crippen molar-refractivity contribution in [3.8, 4) is 0 Å². The predicted molar refractivity (Wildman–Crippen MR) is 65.3 cm³/mol. The minimum Gasteiger partial charge on any atom is -0.389 e. The van der Waals surface area contributed by atoms with Gasteiger partial charge in [-0.1, -0.05) is 12.1 Å². The van der Waals surface area contributed by atoms with Crippen LogP contribution in [-0.2, 0) is 13.6 Å². The Bertz CT molecular complexity index is 355. The number of hydrogen-bond donors (Lipinski definition) is 2. The molecule has 1 aromatic rings. The lowest BCUT2D eigenvalue weighted by Crippen LogP contribution is -2.43. The molecule has 0 unspecified atom stereocenters. The summed E-state index contributed by atoms with van der Waals surface area (Å²) in [6.07, 6.45) is 5.83. The van der Waals surface area contributed by atoms with Gasteiger partial charge in [0, 0.05) is 20.1 Å². The lowest BCUT2D eigenvalue weighted by molar-refractivity contribution is -0.00640. The molecule has 0 bridgehead atoms. The molecule has 5 heteroatoms. The normalized spacial score (nSPS) is 29.5. The van der Waals surface area contributed by atoms with Crippen LogP contribution in [0.25, 0.3) is 0 Å². The van der Waals surface area contributed by atoms with Gasteiger partial charge in [-0.05, 0) is 31.6 Å². The first-order valence-electron chi connectivity index (χ1n) is 6.36. The van der Waals surface area contributed by atoms with E-state index in [0.29, 0.717) is 13.1 Å². The van der Waals surface area contributed by atoms with Crippen molar-refractivity contribution in [3.05, 3.63) is 11.9 Å². The van der Waals surface area contributed by atoms with Gasteiger partial charge < -0.3 is 10.4 Å². The van der Waals surface area contributed by atoms with Crippen LogP contribution in [0.1, 0.15) is 38.3 Å². The van der Waals surface area contributed by atoms with Gasteiger partial charge in [-0.25, -0.2) is 0 Å². The van der Waals surface area contributed by atoms with Gasteiger partial charge in [0.15, 0.2) is 0 Å². The Balaban J connectivity index is 1.76. The zero-order valence-electron chi connectivity index (χ0n) is 10.7. The lowest BCUT2D eigenvalue weighted by Gasteiger charge is -2.35. The van der Waals surface area contributed by atoms with Crippen LogP contribution in [-0.4, -0.2) is 32.2 Å². The van der Waals surface area contributed by atoms with E-state index in [1.165, 1.54) is 0 Å². The average Bonchev–Trinajstić information content (AvgIpc) is 2.70.